The molecule has 2 aromatic heterocycles. The summed E-state index contributed by atoms with van der Waals surface area (Å²) >= 11 is 0. The third-order valence-corrected chi connectivity index (χ3v) is 3.21. The molecule has 19 heavy (non-hydrogen) atoms. The lowest BCUT2D eigenvalue weighted by molar-refractivity contribution is 0.101. The van der Waals surface area contributed by atoms with Crippen molar-refractivity contribution in [3.8, 4) is 0 Å². The third-order valence-electron chi connectivity index (χ3n) is 3.21. The van der Waals surface area contributed by atoms with E-state index in [1.165, 1.54) is 0 Å². The van der Waals surface area contributed by atoms with Crippen molar-refractivity contribution in [2.45, 2.75) is 25.8 Å². The fraction of sp³-hybridized carbons (Fsp3) is 0.286. The molecular weight excluding hydrogens is 240 g/mol. The van der Waals surface area contributed by atoms with E-state index in [1.54, 1.807) is 12.3 Å². The molecule has 0 spiro atoms. The molecule has 1 saturated carbocycles. The molecule has 0 radical (unpaired) electrons. The molecule has 1 fully saturated rings. The van der Waals surface area contributed by atoms with Gasteiger partial charge in [-0.2, -0.15) is 0 Å². The number of carbonyl (C=O) groups excluding carboxylic acids is 1. The van der Waals surface area contributed by atoms with E-state index >= 15 is 0 Å². The molecule has 2 aromatic rings. The molecule has 3 N–H and O–H groups in total. The van der Waals surface area contributed by atoms with E-state index in [0.717, 1.165) is 18.5 Å². The van der Waals surface area contributed by atoms with Gasteiger partial charge in [0, 0.05) is 17.9 Å². The van der Waals surface area contributed by atoms with Crippen molar-refractivity contribution >= 4 is 17.3 Å². The average molecular weight is 256 g/mol. The number of nitrogen functional groups attached to an aromatic ring is 1. The van der Waals surface area contributed by atoms with Crippen molar-refractivity contribution in [2.75, 3.05) is 11.1 Å². The van der Waals surface area contributed by atoms with Crippen LogP contribution < -0.4 is 11.1 Å². The Morgan fingerprint density at radius 2 is 2.26 bits per heavy atom. The third kappa shape index (κ3) is 2.45. The summed E-state index contributed by atoms with van der Waals surface area (Å²) in [7, 11) is 0. The average Bonchev–Trinajstić information content (AvgIpc) is 3.15. The number of hydrogen-bond acceptors (Lipinski definition) is 3. The van der Waals surface area contributed by atoms with Gasteiger partial charge in [0.15, 0.2) is 0 Å². The lowest BCUT2D eigenvalue weighted by atomic mass is 10.3. The fourth-order valence-electron chi connectivity index (χ4n) is 2.07. The Kier molecular flexibility index (Phi) is 2.74. The largest absolute Gasteiger partial charge is 0.397 e. The standard InChI is InChI=1S/C14H16N4O/c1-9-2-3-11(7-16-9)17-14(19)13-6-10(15)8-18(13)12-4-5-12/h2-3,6-8,12H,4-5,15H2,1H3,(H,17,19). The van der Waals surface area contributed by atoms with Crippen LogP contribution in [0.5, 0.6) is 0 Å². The summed E-state index contributed by atoms with van der Waals surface area (Å²) in [6, 6.07) is 5.85. The Balaban J connectivity index is 1.82. The number of hydrogen-bond donors (Lipinski definition) is 2. The minimum Gasteiger partial charge on any atom is -0.397 e. The van der Waals surface area contributed by atoms with E-state index in [4.69, 9.17) is 5.73 Å². The number of rotatable bonds is 3. The molecule has 0 aliphatic heterocycles. The molecule has 1 aliphatic rings. The quantitative estimate of drug-likeness (QED) is 0.885. The molecule has 98 valence electrons. The van der Waals surface area contributed by atoms with Gasteiger partial charge < -0.3 is 15.6 Å². The Hall–Kier alpha value is -2.30. The van der Waals surface area contributed by atoms with E-state index in [0.29, 0.717) is 23.1 Å². The van der Waals surface area contributed by atoms with Gasteiger partial charge >= 0.3 is 0 Å². The number of nitrogens with one attached hydrogen (secondary N) is 1. The van der Waals surface area contributed by atoms with Crippen LogP contribution in [0.1, 0.15) is 35.1 Å². The van der Waals surface area contributed by atoms with Gasteiger partial charge in [-0.3, -0.25) is 9.78 Å². The molecule has 2 heterocycles. The summed E-state index contributed by atoms with van der Waals surface area (Å²) in [4.78, 5) is 16.4. The predicted octanol–water partition coefficient (Wildman–Crippen LogP) is 2.36. The number of anilines is 2. The van der Waals surface area contributed by atoms with Crippen molar-refractivity contribution in [1.82, 2.24) is 9.55 Å². The van der Waals surface area contributed by atoms with Crippen molar-refractivity contribution in [1.29, 1.82) is 0 Å². The zero-order chi connectivity index (χ0) is 13.4. The summed E-state index contributed by atoms with van der Waals surface area (Å²) in [6.07, 6.45) is 5.71. The Morgan fingerprint density at radius 3 is 2.89 bits per heavy atom. The van der Waals surface area contributed by atoms with Gasteiger partial charge in [-0.1, -0.05) is 0 Å². The van der Waals surface area contributed by atoms with Gasteiger partial charge in [-0.25, -0.2) is 0 Å². The zero-order valence-electron chi connectivity index (χ0n) is 10.8. The molecule has 0 unspecified atom stereocenters. The van der Waals surface area contributed by atoms with Gasteiger partial charge in [-0.05, 0) is 38.0 Å². The van der Waals surface area contributed by atoms with Crippen molar-refractivity contribution < 1.29 is 4.79 Å². The van der Waals surface area contributed by atoms with Gasteiger partial charge in [0.25, 0.3) is 5.91 Å². The normalized spacial score (nSPS) is 14.4. The van der Waals surface area contributed by atoms with Crippen LogP contribution in [0.2, 0.25) is 0 Å². The summed E-state index contributed by atoms with van der Waals surface area (Å²) in [5.74, 6) is -0.144. The highest BCUT2D eigenvalue weighted by atomic mass is 16.2. The number of nitrogens with zero attached hydrogens (tertiary/aromatic N) is 2. The first kappa shape index (κ1) is 11.8. The van der Waals surface area contributed by atoms with Crippen molar-refractivity contribution in [3.63, 3.8) is 0 Å². The SMILES string of the molecule is Cc1ccc(NC(=O)c2cc(N)cn2C2CC2)cn1. The van der Waals surface area contributed by atoms with Crippen LogP contribution in [-0.2, 0) is 0 Å². The Labute approximate surface area is 111 Å². The topological polar surface area (TPSA) is 72.9 Å². The maximum absolute atomic E-state index is 12.3. The summed E-state index contributed by atoms with van der Waals surface area (Å²) < 4.78 is 1.96. The highest BCUT2D eigenvalue weighted by Crippen LogP contribution is 2.37. The molecule has 0 atom stereocenters. The van der Waals surface area contributed by atoms with E-state index in [2.05, 4.69) is 10.3 Å². The minimum atomic E-state index is -0.144. The summed E-state index contributed by atoms with van der Waals surface area (Å²) in [5.41, 5.74) is 8.63. The van der Waals surface area contributed by atoms with Crippen molar-refractivity contribution in [2.24, 2.45) is 0 Å². The second kappa shape index (κ2) is 4.42. The Bertz CT molecular complexity index is 611. The van der Waals surface area contributed by atoms with Crippen LogP contribution in [0.4, 0.5) is 11.4 Å². The highest BCUT2D eigenvalue weighted by molar-refractivity contribution is 6.03. The number of pyridine rings is 1. The Morgan fingerprint density at radius 1 is 1.47 bits per heavy atom. The first-order chi connectivity index (χ1) is 9.13. The number of aromatic nitrogens is 2. The van der Waals surface area contributed by atoms with Gasteiger partial charge in [0.05, 0.1) is 17.6 Å². The van der Waals surface area contributed by atoms with Crippen LogP contribution in [0, 0.1) is 6.92 Å². The van der Waals surface area contributed by atoms with Crippen LogP contribution in [0.3, 0.4) is 0 Å². The summed E-state index contributed by atoms with van der Waals surface area (Å²) in [6.45, 7) is 1.91. The number of amides is 1. The molecule has 1 amide bonds. The highest BCUT2D eigenvalue weighted by Gasteiger charge is 2.27. The molecule has 5 heteroatoms. The molecule has 5 nitrogen and oxygen atoms in total. The molecule has 0 bridgehead atoms. The molecule has 0 saturated heterocycles. The summed E-state index contributed by atoms with van der Waals surface area (Å²) in [5, 5.41) is 2.84. The fourth-order valence-corrected chi connectivity index (χ4v) is 2.07. The lowest BCUT2D eigenvalue weighted by Gasteiger charge is -2.08. The van der Waals surface area contributed by atoms with Gasteiger partial charge in [0.1, 0.15) is 5.69 Å². The first-order valence-corrected chi connectivity index (χ1v) is 6.35. The maximum atomic E-state index is 12.3. The van der Waals surface area contributed by atoms with Crippen molar-refractivity contribution in [3.05, 3.63) is 42.0 Å². The number of aryl methyl sites for hydroxylation is 1. The van der Waals surface area contributed by atoms with Gasteiger partial charge in [-0.15, -0.1) is 0 Å². The second-order valence-corrected chi connectivity index (χ2v) is 4.94. The van der Waals surface area contributed by atoms with Crippen LogP contribution in [-0.4, -0.2) is 15.5 Å². The van der Waals surface area contributed by atoms with E-state index in [-0.39, 0.29) is 5.91 Å². The monoisotopic (exact) mass is 256 g/mol. The van der Waals surface area contributed by atoms with Crippen LogP contribution in [0.15, 0.2) is 30.6 Å². The molecule has 3 rings (SSSR count). The van der Waals surface area contributed by atoms with E-state index < -0.39 is 0 Å². The van der Waals surface area contributed by atoms with E-state index in [9.17, 15) is 4.79 Å². The minimum absolute atomic E-state index is 0.144. The zero-order valence-corrected chi connectivity index (χ0v) is 10.8. The predicted molar refractivity (Wildman–Crippen MR) is 74.0 cm³/mol. The molecule has 0 aromatic carbocycles. The second-order valence-electron chi connectivity index (χ2n) is 4.94. The first-order valence-electron chi connectivity index (χ1n) is 6.35. The van der Waals surface area contributed by atoms with E-state index in [1.807, 2.05) is 29.8 Å². The smallest absolute Gasteiger partial charge is 0.272 e. The lowest BCUT2D eigenvalue weighted by Crippen LogP contribution is -2.16. The molecule has 1 aliphatic carbocycles. The molecular formula is C14H16N4O. The number of carbonyl (C=O) groups is 1. The van der Waals surface area contributed by atoms with Gasteiger partial charge in [0.2, 0.25) is 0 Å². The van der Waals surface area contributed by atoms with Crippen LogP contribution >= 0.6 is 0 Å². The number of nitrogens with two attached hydrogens (primary N) is 1. The maximum Gasteiger partial charge on any atom is 0.272 e. The van der Waals surface area contributed by atoms with Crippen LogP contribution in [0.25, 0.3) is 0 Å².